The molecule has 1 aliphatic heterocycles. The van der Waals surface area contributed by atoms with Gasteiger partial charge in [0.1, 0.15) is 48.4 Å². The number of amides is 7. The molecule has 2 unspecified atom stereocenters. The molecule has 20 nitrogen and oxygen atoms in total. The highest BCUT2D eigenvalue weighted by molar-refractivity contribution is 5.98. The quantitative estimate of drug-likeness (QED) is 0.0453. The Morgan fingerprint density at radius 3 is 1.55 bits per heavy atom. The van der Waals surface area contributed by atoms with Crippen molar-refractivity contribution in [1.82, 2.24) is 37.2 Å². The Bertz CT molecular complexity index is 1810. The molecule has 0 aliphatic carbocycles. The van der Waals surface area contributed by atoms with Crippen LogP contribution in [0.15, 0.2) is 0 Å². The minimum Gasteiger partial charge on any atom is -0.481 e. The topological polar surface area (TPSA) is 305 Å². The monoisotopic (exact) mass is 1040 g/mol. The van der Waals surface area contributed by atoms with Crippen molar-refractivity contribution in [2.75, 3.05) is 0 Å². The molecule has 1 aliphatic rings. The van der Waals surface area contributed by atoms with Crippen molar-refractivity contribution in [3.05, 3.63) is 0 Å². The maximum atomic E-state index is 14.2. The average molecular weight is 1040 g/mol. The zero-order chi connectivity index (χ0) is 55.5. The van der Waals surface area contributed by atoms with Crippen molar-refractivity contribution in [2.45, 2.75) is 241 Å². The number of cyclic esters (lactones) is 1. The summed E-state index contributed by atoms with van der Waals surface area (Å²) in [5.74, 6) is -9.30. The number of aliphatic carboxylic acids is 2. The lowest BCUT2D eigenvalue weighted by molar-refractivity contribution is -0.155. The summed E-state index contributed by atoms with van der Waals surface area (Å²) in [7, 11) is 0. The van der Waals surface area contributed by atoms with E-state index >= 15 is 0 Å². The molecule has 7 amide bonds. The first-order chi connectivity index (χ1) is 34.1. The molecule has 1 heterocycles. The second-order valence-electron chi connectivity index (χ2n) is 22.1. The molecule has 0 aromatic carbocycles. The van der Waals surface area contributed by atoms with Crippen molar-refractivity contribution >= 4 is 59.3 Å². The zero-order valence-corrected chi connectivity index (χ0v) is 46.0. The highest BCUT2D eigenvalue weighted by atomic mass is 16.5. The zero-order valence-electron chi connectivity index (χ0n) is 46.0. The van der Waals surface area contributed by atoms with Crippen LogP contribution in [0.1, 0.15) is 192 Å². The first-order valence-electron chi connectivity index (χ1n) is 26.9. The van der Waals surface area contributed by atoms with E-state index in [0.29, 0.717) is 18.3 Å². The maximum absolute atomic E-state index is 14.2. The van der Waals surface area contributed by atoms with E-state index in [1.807, 2.05) is 13.8 Å². The summed E-state index contributed by atoms with van der Waals surface area (Å²) >= 11 is 0. The Labute approximate surface area is 434 Å². The molecule has 1 rings (SSSR count). The summed E-state index contributed by atoms with van der Waals surface area (Å²) in [5.41, 5.74) is 0. The third kappa shape index (κ3) is 27.5. The standard InChI is InChI=1S/C53H93N7O13/c1-13-34(10)27-35(11)20-18-16-14-15-17-19-21-37-28-43(61)55-38(22-23-44(62)63)48(67)60-46(33(8)9)52(71)58-39(24-30(2)3)49(68)54-36(12)47(66)56-41(29-45(64)65)51(70)57-40(25-31(4)5)50(69)59-42(26-32(6)7)53(72)73-37/h30-42,46H,13-29H2,1-12H3,(H,54,68)(H,55,61)(H,56,66)(H,57,70)(H,58,71)(H,59,69)(H,60,67)(H,62,63)(H,64,65)/t34?,35?,36-,37+,38-,39-,40-,41-,42-,46-/m0/s1. The fraction of sp³-hybridized carbons (Fsp3) is 0.811. The molecule has 9 N–H and O–H groups in total. The Morgan fingerprint density at radius 1 is 0.534 bits per heavy atom. The number of hydrogen-bond acceptors (Lipinski definition) is 11. The van der Waals surface area contributed by atoms with Gasteiger partial charge in [0.15, 0.2) is 0 Å². The van der Waals surface area contributed by atoms with E-state index in [1.165, 1.54) is 13.3 Å². The first kappa shape index (κ1) is 65.7. The molecule has 0 saturated carbocycles. The number of carboxylic acids is 2. The van der Waals surface area contributed by atoms with Gasteiger partial charge in [-0.2, -0.15) is 0 Å². The average Bonchev–Trinajstić information content (AvgIpc) is 3.27. The summed E-state index contributed by atoms with van der Waals surface area (Å²) in [6.07, 6.45) is 6.14. The van der Waals surface area contributed by atoms with Crippen LogP contribution >= 0.6 is 0 Å². The minimum atomic E-state index is -1.71. The van der Waals surface area contributed by atoms with Gasteiger partial charge in [0.25, 0.3) is 0 Å². The van der Waals surface area contributed by atoms with Gasteiger partial charge in [0.05, 0.1) is 12.8 Å². The van der Waals surface area contributed by atoms with Gasteiger partial charge in [-0.15, -0.1) is 0 Å². The van der Waals surface area contributed by atoms with Crippen LogP contribution in [0.2, 0.25) is 0 Å². The Hall–Kier alpha value is -5.30. The molecular weight excluding hydrogens is 943 g/mol. The second-order valence-corrected chi connectivity index (χ2v) is 22.1. The molecule has 0 radical (unpaired) electrons. The van der Waals surface area contributed by atoms with Crippen LogP contribution in [-0.2, 0) is 52.7 Å². The van der Waals surface area contributed by atoms with Gasteiger partial charge >= 0.3 is 17.9 Å². The molecule has 418 valence electrons. The van der Waals surface area contributed by atoms with Crippen LogP contribution in [0.3, 0.4) is 0 Å². The van der Waals surface area contributed by atoms with Crippen LogP contribution in [0.5, 0.6) is 0 Å². The van der Waals surface area contributed by atoms with E-state index in [9.17, 15) is 58.2 Å². The summed E-state index contributed by atoms with van der Waals surface area (Å²) in [4.78, 5) is 135. The van der Waals surface area contributed by atoms with Crippen molar-refractivity contribution in [2.24, 2.45) is 35.5 Å². The molecule has 73 heavy (non-hydrogen) atoms. The van der Waals surface area contributed by atoms with E-state index in [-0.39, 0.29) is 49.9 Å². The molecule has 0 aromatic heterocycles. The number of nitrogens with one attached hydrogen (secondary N) is 7. The van der Waals surface area contributed by atoms with Crippen molar-refractivity contribution in [1.29, 1.82) is 0 Å². The number of unbranched alkanes of at least 4 members (excludes halogenated alkanes) is 5. The Kier molecular flexibility index (Phi) is 30.8. The van der Waals surface area contributed by atoms with Gasteiger partial charge in [-0.25, -0.2) is 4.79 Å². The van der Waals surface area contributed by atoms with Crippen molar-refractivity contribution in [3.63, 3.8) is 0 Å². The lowest BCUT2D eigenvalue weighted by Gasteiger charge is -2.28. The number of esters is 1. The number of hydrogen-bond donors (Lipinski definition) is 9. The predicted molar refractivity (Wildman–Crippen MR) is 276 cm³/mol. The molecule has 10 atom stereocenters. The summed E-state index contributed by atoms with van der Waals surface area (Å²) in [6.45, 7) is 22.1. The second kappa shape index (κ2) is 34.2. The van der Waals surface area contributed by atoms with Gasteiger partial charge in [-0.1, -0.05) is 121 Å². The van der Waals surface area contributed by atoms with E-state index in [4.69, 9.17) is 4.74 Å². The minimum absolute atomic E-state index is 0.0400. The van der Waals surface area contributed by atoms with E-state index < -0.39 is 133 Å². The Morgan fingerprint density at radius 2 is 1.01 bits per heavy atom. The largest absolute Gasteiger partial charge is 0.481 e. The van der Waals surface area contributed by atoms with E-state index in [2.05, 4.69) is 58.0 Å². The van der Waals surface area contributed by atoms with E-state index in [0.717, 1.165) is 44.9 Å². The number of carbonyl (C=O) groups is 10. The van der Waals surface area contributed by atoms with Crippen molar-refractivity contribution < 1.29 is 62.9 Å². The highest BCUT2D eigenvalue weighted by Crippen LogP contribution is 2.22. The third-order valence-corrected chi connectivity index (χ3v) is 13.0. The van der Waals surface area contributed by atoms with Crippen LogP contribution < -0.4 is 37.2 Å². The summed E-state index contributed by atoms with van der Waals surface area (Å²) in [6, 6.07) is -9.67. The third-order valence-electron chi connectivity index (χ3n) is 13.0. The summed E-state index contributed by atoms with van der Waals surface area (Å²) < 4.78 is 6.04. The van der Waals surface area contributed by atoms with Gasteiger partial charge < -0.3 is 52.2 Å². The van der Waals surface area contributed by atoms with Gasteiger partial charge in [-0.05, 0) is 87.4 Å². The fourth-order valence-electron chi connectivity index (χ4n) is 8.74. The number of ether oxygens (including phenoxy) is 1. The lowest BCUT2D eigenvalue weighted by atomic mass is 9.91. The number of rotatable bonds is 24. The highest BCUT2D eigenvalue weighted by Gasteiger charge is 2.36. The Balaban J connectivity index is 3.79. The first-order valence-corrected chi connectivity index (χ1v) is 26.9. The molecular formula is C53H93N7O13. The van der Waals surface area contributed by atoms with Crippen LogP contribution in [0.4, 0.5) is 0 Å². The van der Waals surface area contributed by atoms with E-state index in [1.54, 1.807) is 41.5 Å². The number of carbonyl (C=O) groups excluding carboxylic acids is 8. The molecule has 0 aromatic rings. The summed E-state index contributed by atoms with van der Waals surface area (Å²) in [5, 5.41) is 37.4. The fourth-order valence-corrected chi connectivity index (χ4v) is 8.74. The molecule has 20 heteroatoms. The SMILES string of the molecule is CCC(C)CC(C)CCCCCCCC[C@@H]1CC(=O)N[C@@H](CCC(=O)O)C(=O)N[C@@H](C(C)C)C(=O)N[C@@H](CC(C)C)C(=O)N[C@@H](C)C(=O)N[C@@H](CC(=O)O)C(=O)N[C@@H](CC(C)C)C(=O)N[C@@H](CC(C)C)C(=O)O1. The van der Waals surface area contributed by atoms with Crippen LogP contribution in [0.25, 0.3) is 0 Å². The van der Waals surface area contributed by atoms with Crippen LogP contribution in [0, 0.1) is 35.5 Å². The molecule has 0 spiro atoms. The maximum Gasteiger partial charge on any atom is 0.328 e. The normalized spacial score (nSPS) is 24.8. The number of carboxylic acid groups (broad SMARTS) is 2. The molecule has 0 bridgehead atoms. The predicted octanol–water partition coefficient (Wildman–Crippen LogP) is 5.04. The molecule has 1 fully saturated rings. The smallest absolute Gasteiger partial charge is 0.328 e. The van der Waals surface area contributed by atoms with Crippen molar-refractivity contribution in [3.8, 4) is 0 Å². The molecule has 1 saturated heterocycles. The lowest BCUT2D eigenvalue weighted by Crippen LogP contribution is -2.60. The van der Waals surface area contributed by atoms with Gasteiger partial charge in [-0.3, -0.25) is 43.2 Å². The van der Waals surface area contributed by atoms with Gasteiger partial charge in [0, 0.05) is 6.42 Å². The van der Waals surface area contributed by atoms with Crippen LogP contribution in [-0.4, -0.2) is 118 Å². The van der Waals surface area contributed by atoms with Gasteiger partial charge in [0.2, 0.25) is 41.4 Å².